The largest absolute Gasteiger partial charge is 0.488 e. The molecule has 0 atom stereocenters. The average molecular weight is 414 g/mol. The van der Waals surface area contributed by atoms with Crippen LogP contribution in [0.15, 0.2) is 76.7 Å². The zero-order valence-corrected chi connectivity index (χ0v) is 16.3. The quantitative estimate of drug-likeness (QED) is 0.653. The van der Waals surface area contributed by atoms with E-state index in [0.29, 0.717) is 28.9 Å². The van der Waals surface area contributed by atoms with Crippen LogP contribution < -0.4 is 20.8 Å². The van der Waals surface area contributed by atoms with Gasteiger partial charge < -0.3 is 10.1 Å². The first kappa shape index (κ1) is 19.9. The lowest BCUT2D eigenvalue weighted by molar-refractivity contribution is 0.256. The van der Waals surface area contributed by atoms with Gasteiger partial charge in [0.15, 0.2) is 0 Å². The number of nitrogens with one attached hydrogen (secondary N) is 1. The third kappa shape index (κ3) is 4.50. The Balaban J connectivity index is 0.00000225. The van der Waals surface area contributed by atoms with Gasteiger partial charge in [0.1, 0.15) is 12.4 Å². The van der Waals surface area contributed by atoms with Gasteiger partial charge in [0, 0.05) is 28.4 Å². The second-order valence-electron chi connectivity index (χ2n) is 6.05. The van der Waals surface area contributed by atoms with Crippen molar-refractivity contribution in [2.75, 3.05) is 5.32 Å². The van der Waals surface area contributed by atoms with Crippen molar-refractivity contribution >= 4 is 35.7 Å². The van der Waals surface area contributed by atoms with Crippen molar-refractivity contribution in [1.29, 1.82) is 0 Å². The van der Waals surface area contributed by atoms with Crippen molar-refractivity contribution in [3.8, 4) is 5.75 Å². The molecule has 1 aliphatic heterocycles. The van der Waals surface area contributed by atoms with Crippen LogP contribution in [0.3, 0.4) is 0 Å². The summed E-state index contributed by atoms with van der Waals surface area (Å²) in [6.07, 6.45) is 0. The number of ether oxygens (including phenoxy) is 1. The summed E-state index contributed by atoms with van der Waals surface area (Å²) in [5, 5.41) is 5.22. The SMILES string of the molecule is Cl.O=C1N=c2ccc(NCc3ccccc3OCc3ccccc3Cl)cc2=N1. The van der Waals surface area contributed by atoms with Gasteiger partial charge in [0.2, 0.25) is 0 Å². The van der Waals surface area contributed by atoms with E-state index < -0.39 is 6.03 Å². The van der Waals surface area contributed by atoms with Crippen molar-refractivity contribution in [3.63, 3.8) is 0 Å². The highest BCUT2D eigenvalue weighted by molar-refractivity contribution is 6.31. The van der Waals surface area contributed by atoms with Crippen LogP contribution in [0.4, 0.5) is 10.5 Å². The molecule has 2 amide bonds. The molecule has 0 saturated carbocycles. The number of benzene rings is 3. The molecule has 0 radical (unpaired) electrons. The normalized spacial score (nSPS) is 11.7. The summed E-state index contributed by atoms with van der Waals surface area (Å²) in [6, 6.07) is 20.5. The zero-order valence-electron chi connectivity index (χ0n) is 14.8. The molecule has 0 bridgehead atoms. The maximum Gasteiger partial charge on any atom is 0.368 e. The molecule has 5 nitrogen and oxygen atoms in total. The number of amides is 2. The highest BCUT2D eigenvalue weighted by atomic mass is 35.5. The lowest BCUT2D eigenvalue weighted by atomic mass is 10.2. The van der Waals surface area contributed by atoms with Crippen LogP contribution in [-0.2, 0) is 13.2 Å². The second-order valence-corrected chi connectivity index (χ2v) is 6.46. The maximum atomic E-state index is 11.3. The smallest absolute Gasteiger partial charge is 0.368 e. The Morgan fingerprint density at radius 1 is 0.893 bits per heavy atom. The number of rotatable bonds is 6. The van der Waals surface area contributed by atoms with Crippen LogP contribution in [0, 0.1) is 0 Å². The number of carbonyl (C=O) groups is 1. The number of hydrogen-bond donors (Lipinski definition) is 1. The molecule has 0 unspecified atom stereocenters. The van der Waals surface area contributed by atoms with E-state index in [9.17, 15) is 4.79 Å². The minimum Gasteiger partial charge on any atom is -0.488 e. The molecule has 142 valence electrons. The van der Waals surface area contributed by atoms with E-state index in [1.54, 1.807) is 6.07 Å². The Bertz CT molecular complexity index is 1130. The number of urea groups is 1. The summed E-state index contributed by atoms with van der Waals surface area (Å²) in [5.74, 6) is 0.793. The molecule has 3 aromatic carbocycles. The number of para-hydroxylation sites is 1. The molecule has 7 heteroatoms. The van der Waals surface area contributed by atoms with E-state index in [4.69, 9.17) is 16.3 Å². The fourth-order valence-corrected chi connectivity index (χ4v) is 3.00. The highest BCUT2D eigenvalue weighted by Gasteiger charge is 2.07. The minimum atomic E-state index is -0.458. The first-order valence-electron chi connectivity index (χ1n) is 8.48. The predicted molar refractivity (Wildman–Crippen MR) is 111 cm³/mol. The molecular formula is C21H17Cl2N3O2. The summed E-state index contributed by atoms with van der Waals surface area (Å²) in [5.41, 5.74) is 2.82. The Kier molecular flexibility index (Phi) is 6.29. The Morgan fingerprint density at radius 3 is 2.43 bits per heavy atom. The van der Waals surface area contributed by atoms with Gasteiger partial charge in [-0.1, -0.05) is 48.0 Å². The molecule has 1 N–H and O–H groups in total. The molecule has 0 aromatic heterocycles. The molecule has 28 heavy (non-hydrogen) atoms. The number of anilines is 1. The average Bonchev–Trinajstić information content (AvgIpc) is 3.05. The molecule has 4 rings (SSSR count). The van der Waals surface area contributed by atoms with Gasteiger partial charge in [0.25, 0.3) is 0 Å². The lowest BCUT2D eigenvalue weighted by Crippen LogP contribution is -2.21. The van der Waals surface area contributed by atoms with Gasteiger partial charge in [-0.05, 0) is 30.3 Å². The van der Waals surface area contributed by atoms with E-state index >= 15 is 0 Å². The number of hydrogen-bond acceptors (Lipinski definition) is 3. The van der Waals surface area contributed by atoms with E-state index in [2.05, 4.69) is 15.3 Å². The van der Waals surface area contributed by atoms with Crippen LogP contribution in [0.1, 0.15) is 11.1 Å². The second kappa shape index (κ2) is 8.87. The van der Waals surface area contributed by atoms with Gasteiger partial charge in [-0.3, -0.25) is 0 Å². The fraction of sp³-hybridized carbons (Fsp3) is 0.0952. The van der Waals surface area contributed by atoms with Gasteiger partial charge >= 0.3 is 6.03 Å². The van der Waals surface area contributed by atoms with Crippen molar-refractivity contribution in [2.45, 2.75) is 13.2 Å². The fourth-order valence-electron chi connectivity index (χ4n) is 2.81. The molecular weight excluding hydrogens is 397 g/mol. The number of halogens is 2. The van der Waals surface area contributed by atoms with Gasteiger partial charge in [0.05, 0.1) is 10.7 Å². The first-order valence-corrected chi connectivity index (χ1v) is 8.86. The molecule has 0 spiro atoms. The summed E-state index contributed by atoms with van der Waals surface area (Å²) in [7, 11) is 0. The first-order chi connectivity index (χ1) is 13.2. The summed E-state index contributed by atoms with van der Waals surface area (Å²) in [6.45, 7) is 0.973. The van der Waals surface area contributed by atoms with Crippen LogP contribution in [0.2, 0.25) is 5.02 Å². The lowest BCUT2D eigenvalue weighted by Gasteiger charge is -2.13. The zero-order chi connectivity index (χ0) is 18.6. The molecule has 1 aliphatic rings. The minimum absolute atomic E-state index is 0. The van der Waals surface area contributed by atoms with E-state index in [1.165, 1.54) is 0 Å². The van der Waals surface area contributed by atoms with Crippen molar-refractivity contribution < 1.29 is 9.53 Å². The topological polar surface area (TPSA) is 63.0 Å². The van der Waals surface area contributed by atoms with Crippen LogP contribution in [0.25, 0.3) is 0 Å². The predicted octanol–water partition coefficient (Wildman–Crippen LogP) is 4.33. The van der Waals surface area contributed by atoms with E-state index in [1.807, 2.05) is 60.7 Å². The number of carbonyl (C=O) groups excluding carboxylic acids is 1. The van der Waals surface area contributed by atoms with Crippen molar-refractivity contribution in [3.05, 3.63) is 93.6 Å². The monoisotopic (exact) mass is 413 g/mol. The molecule has 3 aromatic rings. The van der Waals surface area contributed by atoms with E-state index in [0.717, 1.165) is 22.6 Å². The molecule has 1 heterocycles. The third-order valence-corrected chi connectivity index (χ3v) is 4.57. The summed E-state index contributed by atoms with van der Waals surface area (Å²) >= 11 is 6.20. The van der Waals surface area contributed by atoms with Gasteiger partial charge in [-0.2, -0.15) is 9.98 Å². The summed E-state index contributed by atoms with van der Waals surface area (Å²) in [4.78, 5) is 19.0. The Hall–Kier alpha value is -2.89. The van der Waals surface area contributed by atoms with Crippen molar-refractivity contribution in [1.82, 2.24) is 0 Å². The van der Waals surface area contributed by atoms with Crippen LogP contribution in [0.5, 0.6) is 5.75 Å². The van der Waals surface area contributed by atoms with Crippen molar-refractivity contribution in [2.24, 2.45) is 9.98 Å². The third-order valence-electron chi connectivity index (χ3n) is 4.20. The summed E-state index contributed by atoms with van der Waals surface area (Å²) < 4.78 is 5.98. The maximum absolute atomic E-state index is 11.3. The Labute approximate surface area is 173 Å². The molecule has 0 fully saturated rings. The molecule has 0 aliphatic carbocycles. The van der Waals surface area contributed by atoms with Gasteiger partial charge in [-0.15, -0.1) is 12.4 Å². The van der Waals surface area contributed by atoms with Gasteiger partial charge in [-0.25, -0.2) is 4.79 Å². The Morgan fingerprint density at radius 2 is 1.61 bits per heavy atom. The van der Waals surface area contributed by atoms with Crippen LogP contribution >= 0.6 is 24.0 Å². The highest BCUT2D eigenvalue weighted by Crippen LogP contribution is 2.22. The number of fused-ring (bicyclic) bond motifs is 1. The van der Waals surface area contributed by atoms with Crippen LogP contribution in [-0.4, -0.2) is 6.03 Å². The van der Waals surface area contributed by atoms with E-state index in [-0.39, 0.29) is 12.4 Å². The standard InChI is InChI=1S/C21H16ClN3O2.ClH/c22-17-7-3-1-6-15(17)13-27-20-8-4-2-5-14(20)12-23-16-9-10-18-19(11-16)25-21(26)24-18;/h1-11,23H,12-13H2;1H. The molecule has 0 saturated heterocycles. The number of nitrogens with zero attached hydrogens (tertiary/aromatic N) is 2.